The molecule has 0 spiro atoms. The van der Waals surface area contributed by atoms with Crippen LogP contribution < -0.4 is 0 Å². The summed E-state index contributed by atoms with van der Waals surface area (Å²) in [7, 11) is 0. The Morgan fingerprint density at radius 1 is 1.32 bits per heavy atom. The molecule has 6 heteroatoms. The number of esters is 1. The van der Waals surface area contributed by atoms with Gasteiger partial charge in [0, 0.05) is 11.5 Å². The minimum absolute atomic E-state index is 0.123. The van der Waals surface area contributed by atoms with E-state index in [4.69, 9.17) is 20.8 Å². The van der Waals surface area contributed by atoms with Crippen molar-refractivity contribution in [2.45, 2.75) is 25.9 Å². The van der Waals surface area contributed by atoms with Gasteiger partial charge in [0.05, 0.1) is 23.6 Å². The highest BCUT2D eigenvalue weighted by Crippen LogP contribution is 2.48. The molecule has 0 N–H and O–H groups in total. The van der Waals surface area contributed by atoms with Crippen LogP contribution in [0.25, 0.3) is 5.69 Å². The molecule has 4 rings (SSSR count). The molecule has 1 aliphatic carbocycles. The Balaban J connectivity index is 1.44. The molecule has 1 saturated carbocycles. The number of aryl methyl sites for hydroxylation is 1. The number of carbonyl (C=O) groups excluding carboxylic acids is 1. The lowest BCUT2D eigenvalue weighted by Gasteiger charge is -2.05. The first-order chi connectivity index (χ1) is 12.1. The van der Waals surface area contributed by atoms with E-state index >= 15 is 0 Å². The molecule has 3 aromatic rings. The highest BCUT2D eigenvalue weighted by atomic mass is 35.5. The van der Waals surface area contributed by atoms with Crippen LogP contribution in [0.4, 0.5) is 0 Å². The summed E-state index contributed by atoms with van der Waals surface area (Å²) < 4.78 is 12.5. The average Bonchev–Trinajstić information content (AvgIpc) is 3.13. The fourth-order valence-corrected chi connectivity index (χ4v) is 3.28. The van der Waals surface area contributed by atoms with Gasteiger partial charge in [-0.25, -0.2) is 4.68 Å². The van der Waals surface area contributed by atoms with Crippen molar-refractivity contribution in [3.05, 3.63) is 70.9 Å². The Morgan fingerprint density at radius 3 is 2.84 bits per heavy atom. The number of ether oxygens (including phenoxy) is 1. The van der Waals surface area contributed by atoms with Crippen LogP contribution in [-0.4, -0.2) is 15.7 Å². The molecule has 25 heavy (non-hydrogen) atoms. The van der Waals surface area contributed by atoms with Crippen LogP contribution in [0.5, 0.6) is 0 Å². The van der Waals surface area contributed by atoms with Gasteiger partial charge in [-0.2, -0.15) is 5.10 Å². The van der Waals surface area contributed by atoms with Gasteiger partial charge in [-0.1, -0.05) is 29.8 Å². The Hall–Kier alpha value is -2.53. The monoisotopic (exact) mass is 356 g/mol. The summed E-state index contributed by atoms with van der Waals surface area (Å²) in [6.07, 6.45) is 2.39. The predicted molar refractivity (Wildman–Crippen MR) is 92.7 cm³/mol. The SMILES string of the molecule is Cc1nn(-c2ccccc2)c(Cl)c1COC(=O)[C@H]1C[C@@H]1c1ccco1. The number of furan rings is 1. The number of benzene rings is 1. The molecule has 0 saturated heterocycles. The van der Waals surface area contributed by atoms with E-state index in [2.05, 4.69) is 5.10 Å². The molecule has 1 aliphatic rings. The number of para-hydroxylation sites is 1. The molecule has 1 fully saturated rings. The average molecular weight is 357 g/mol. The third kappa shape index (κ3) is 3.07. The maximum atomic E-state index is 12.2. The van der Waals surface area contributed by atoms with E-state index in [-0.39, 0.29) is 24.4 Å². The molecule has 0 radical (unpaired) electrons. The minimum atomic E-state index is -0.218. The van der Waals surface area contributed by atoms with Crippen LogP contribution in [-0.2, 0) is 16.1 Å². The molecule has 2 atom stereocenters. The lowest BCUT2D eigenvalue weighted by atomic mass is 10.2. The Kier molecular flexibility index (Phi) is 4.09. The summed E-state index contributed by atoms with van der Waals surface area (Å²) in [6, 6.07) is 13.3. The fraction of sp³-hybridized carbons (Fsp3) is 0.263. The largest absolute Gasteiger partial charge is 0.469 e. The van der Waals surface area contributed by atoms with E-state index in [0.29, 0.717) is 5.15 Å². The number of nitrogens with zero attached hydrogens (tertiary/aromatic N) is 2. The predicted octanol–water partition coefficient (Wildman–Crippen LogP) is 4.27. The van der Waals surface area contributed by atoms with Gasteiger partial charge in [0.2, 0.25) is 0 Å². The first kappa shape index (κ1) is 16.0. The number of hydrogen-bond donors (Lipinski definition) is 0. The second-order valence-electron chi connectivity index (χ2n) is 6.17. The van der Waals surface area contributed by atoms with Crippen molar-refractivity contribution in [1.82, 2.24) is 9.78 Å². The van der Waals surface area contributed by atoms with Crippen molar-refractivity contribution < 1.29 is 13.9 Å². The van der Waals surface area contributed by atoms with Gasteiger partial charge >= 0.3 is 5.97 Å². The van der Waals surface area contributed by atoms with Crippen molar-refractivity contribution in [3.63, 3.8) is 0 Å². The van der Waals surface area contributed by atoms with Crippen LogP contribution in [0.2, 0.25) is 5.15 Å². The Morgan fingerprint density at radius 2 is 2.12 bits per heavy atom. The van der Waals surface area contributed by atoms with Crippen LogP contribution in [0.1, 0.15) is 29.4 Å². The van der Waals surface area contributed by atoms with E-state index in [1.807, 2.05) is 49.4 Å². The van der Waals surface area contributed by atoms with E-state index < -0.39 is 0 Å². The number of carbonyl (C=O) groups is 1. The van der Waals surface area contributed by atoms with Crippen LogP contribution in [0, 0.1) is 12.8 Å². The zero-order chi connectivity index (χ0) is 17.4. The second-order valence-corrected chi connectivity index (χ2v) is 6.53. The maximum absolute atomic E-state index is 12.2. The normalized spacial score (nSPS) is 19.0. The number of aromatic nitrogens is 2. The number of hydrogen-bond acceptors (Lipinski definition) is 4. The second kappa shape index (κ2) is 6.41. The molecule has 0 amide bonds. The molecular formula is C19H17ClN2O3. The molecule has 0 bridgehead atoms. The Labute approximate surface area is 150 Å². The van der Waals surface area contributed by atoms with Crippen molar-refractivity contribution in [2.24, 2.45) is 5.92 Å². The van der Waals surface area contributed by atoms with Crippen molar-refractivity contribution in [1.29, 1.82) is 0 Å². The maximum Gasteiger partial charge on any atom is 0.310 e. The quantitative estimate of drug-likeness (QED) is 0.640. The first-order valence-electron chi connectivity index (χ1n) is 8.14. The zero-order valence-electron chi connectivity index (χ0n) is 13.7. The highest BCUT2D eigenvalue weighted by Gasteiger charge is 2.47. The van der Waals surface area contributed by atoms with Crippen LogP contribution in [0.3, 0.4) is 0 Å². The van der Waals surface area contributed by atoms with Gasteiger partial charge in [0.15, 0.2) is 0 Å². The summed E-state index contributed by atoms with van der Waals surface area (Å²) in [5.41, 5.74) is 2.35. The first-order valence-corrected chi connectivity index (χ1v) is 8.52. The summed E-state index contributed by atoms with van der Waals surface area (Å²) in [6.45, 7) is 1.98. The lowest BCUT2D eigenvalue weighted by Crippen LogP contribution is -2.08. The van der Waals surface area contributed by atoms with Crippen LogP contribution in [0.15, 0.2) is 53.1 Å². The van der Waals surface area contributed by atoms with Gasteiger partial charge < -0.3 is 9.15 Å². The van der Waals surface area contributed by atoms with E-state index in [0.717, 1.165) is 29.1 Å². The summed E-state index contributed by atoms with van der Waals surface area (Å²) in [5.74, 6) is 0.623. The van der Waals surface area contributed by atoms with Crippen LogP contribution >= 0.6 is 11.6 Å². The van der Waals surface area contributed by atoms with E-state index in [9.17, 15) is 4.79 Å². The molecule has 2 heterocycles. The Bertz CT molecular complexity index is 887. The van der Waals surface area contributed by atoms with Gasteiger partial charge in [-0.15, -0.1) is 0 Å². The van der Waals surface area contributed by atoms with Gasteiger partial charge in [-0.3, -0.25) is 4.79 Å². The van der Waals surface area contributed by atoms with Crippen molar-refractivity contribution in [3.8, 4) is 5.69 Å². The minimum Gasteiger partial charge on any atom is -0.469 e. The zero-order valence-corrected chi connectivity index (χ0v) is 14.4. The van der Waals surface area contributed by atoms with Gasteiger partial charge in [0.1, 0.15) is 17.5 Å². The number of halogens is 1. The van der Waals surface area contributed by atoms with Crippen molar-refractivity contribution in [2.75, 3.05) is 0 Å². The topological polar surface area (TPSA) is 57.3 Å². The summed E-state index contributed by atoms with van der Waals surface area (Å²) in [4.78, 5) is 12.2. The molecule has 0 unspecified atom stereocenters. The molecule has 5 nitrogen and oxygen atoms in total. The molecule has 2 aromatic heterocycles. The fourth-order valence-electron chi connectivity index (χ4n) is 2.96. The van der Waals surface area contributed by atoms with Crippen molar-refractivity contribution >= 4 is 17.6 Å². The smallest absolute Gasteiger partial charge is 0.310 e. The summed E-state index contributed by atoms with van der Waals surface area (Å²) >= 11 is 6.45. The van der Waals surface area contributed by atoms with E-state index in [1.165, 1.54) is 0 Å². The highest BCUT2D eigenvalue weighted by molar-refractivity contribution is 6.30. The van der Waals surface area contributed by atoms with Gasteiger partial charge in [0.25, 0.3) is 0 Å². The lowest BCUT2D eigenvalue weighted by molar-refractivity contribution is -0.146. The summed E-state index contributed by atoms with van der Waals surface area (Å²) in [5, 5.41) is 4.92. The van der Waals surface area contributed by atoms with Gasteiger partial charge in [-0.05, 0) is 37.6 Å². The molecule has 0 aliphatic heterocycles. The molecular weight excluding hydrogens is 340 g/mol. The van der Waals surface area contributed by atoms with E-state index in [1.54, 1.807) is 10.9 Å². The third-order valence-electron chi connectivity index (χ3n) is 4.48. The molecule has 1 aromatic carbocycles. The standard InChI is InChI=1S/C19H17ClN2O3/c1-12-16(18(20)22(21-12)13-6-3-2-4-7-13)11-25-19(23)15-10-14(15)17-8-5-9-24-17/h2-9,14-15H,10-11H2,1H3/t14-,15-/m0/s1. The third-order valence-corrected chi connectivity index (χ3v) is 4.87. The molecule has 128 valence electrons. The number of rotatable bonds is 5.